The van der Waals surface area contributed by atoms with Gasteiger partial charge in [-0.1, -0.05) is 0 Å². The van der Waals surface area contributed by atoms with E-state index in [-0.39, 0.29) is 30.1 Å². The second-order valence-corrected chi connectivity index (χ2v) is 4.60. The number of hydrogen-bond donors (Lipinski definition) is 2. The van der Waals surface area contributed by atoms with E-state index in [4.69, 9.17) is 0 Å². The van der Waals surface area contributed by atoms with E-state index >= 15 is 0 Å². The number of anilines is 1. The molecule has 1 saturated carbocycles. The van der Waals surface area contributed by atoms with Gasteiger partial charge in [0.1, 0.15) is 11.6 Å². The summed E-state index contributed by atoms with van der Waals surface area (Å²) >= 11 is 0. The maximum atomic E-state index is 13.4. The SMILES string of the molecule is Cc1cc(F)c(NCCC(=O)NC2CC2)cc1F. The lowest BCUT2D eigenvalue weighted by molar-refractivity contribution is -0.120. The molecule has 1 aromatic rings. The highest BCUT2D eigenvalue weighted by Crippen LogP contribution is 2.19. The van der Waals surface area contributed by atoms with Crippen molar-refractivity contribution in [3.8, 4) is 0 Å². The molecule has 0 heterocycles. The summed E-state index contributed by atoms with van der Waals surface area (Å²) in [7, 11) is 0. The van der Waals surface area contributed by atoms with Crippen LogP contribution in [0.25, 0.3) is 0 Å². The molecule has 1 aromatic carbocycles. The van der Waals surface area contributed by atoms with Gasteiger partial charge >= 0.3 is 0 Å². The third-order valence-electron chi connectivity index (χ3n) is 2.86. The molecule has 1 amide bonds. The van der Waals surface area contributed by atoms with E-state index in [1.165, 1.54) is 6.92 Å². The third-order valence-corrected chi connectivity index (χ3v) is 2.86. The highest BCUT2D eigenvalue weighted by Gasteiger charge is 2.22. The largest absolute Gasteiger partial charge is 0.382 e. The first-order chi connectivity index (χ1) is 8.56. The average Bonchev–Trinajstić information content (AvgIpc) is 3.09. The number of nitrogens with one attached hydrogen (secondary N) is 2. The first-order valence-corrected chi connectivity index (χ1v) is 6.05. The molecule has 0 spiro atoms. The molecule has 0 aliphatic heterocycles. The van der Waals surface area contributed by atoms with Crippen LogP contribution in [0.15, 0.2) is 12.1 Å². The lowest BCUT2D eigenvalue weighted by Crippen LogP contribution is -2.27. The predicted molar refractivity (Wildman–Crippen MR) is 65.4 cm³/mol. The van der Waals surface area contributed by atoms with Gasteiger partial charge in [-0.25, -0.2) is 8.78 Å². The third kappa shape index (κ3) is 3.42. The fourth-order valence-corrected chi connectivity index (χ4v) is 1.62. The molecule has 1 aliphatic carbocycles. The van der Waals surface area contributed by atoms with Crippen LogP contribution < -0.4 is 10.6 Å². The van der Waals surface area contributed by atoms with Crippen molar-refractivity contribution in [1.29, 1.82) is 0 Å². The molecule has 2 N–H and O–H groups in total. The summed E-state index contributed by atoms with van der Waals surface area (Å²) < 4.78 is 26.7. The molecule has 0 saturated heterocycles. The highest BCUT2D eigenvalue weighted by molar-refractivity contribution is 5.77. The Balaban J connectivity index is 1.82. The second kappa shape index (κ2) is 5.33. The molecule has 2 rings (SSSR count). The van der Waals surface area contributed by atoms with Crippen LogP contribution in [-0.2, 0) is 4.79 Å². The fraction of sp³-hybridized carbons (Fsp3) is 0.462. The maximum absolute atomic E-state index is 13.4. The quantitative estimate of drug-likeness (QED) is 0.847. The maximum Gasteiger partial charge on any atom is 0.221 e. The lowest BCUT2D eigenvalue weighted by Gasteiger charge is -2.09. The molecular formula is C13H16F2N2O. The zero-order valence-corrected chi connectivity index (χ0v) is 10.2. The Morgan fingerprint density at radius 1 is 1.33 bits per heavy atom. The van der Waals surface area contributed by atoms with Gasteiger partial charge in [0.15, 0.2) is 0 Å². The van der Waals surface area contributed by atoms with Gasteiger partial charge < -0.3 is 10.6 Å². The Morgan fingerprint density at radius 3 is 2.72 bits per heavy atom. The van der Waals surface area contributed by atoms with Gasteiger partial charge in [0.2, 0.25) is 5.91 Å². The smallest absolute Gasteiger partial charge is 0.221 e. The van der Waals surface area contributed by atoms with Crippen LogP contribution in [0.1, 0.15) is 24.8 Å². The van der Waals surface area contributed by atoms with Crippen molar-refractivity contribution < 1.29 is 13.6 Å². The topological polar surface area (TPSA) is 41.1 Å². The Kier molecular flexibility index (Phi) is 3.79. The van der Waals surface area contributed by atoms with Crippen LogP contribution in [-0.4, -0.2) is 18.5 Å². The monoisotopic (exact) mass is 254 g/mol. The number of benzene rings is 1. The van der Waals surface area contributed by atoms with Crippen molar-refractivity contribution in [2.75, 3.05) is 11.9 Å². The van der Waals surface area contributed by atoms with Gasteiger partial charge in [-0.3, -0.25) is 4.79 Å². The Labute approximate surface area is 105 Å². The molecule has 0 aromatic heterocycles. The van der Waals surface area contributed by atoms with E-state index in [1.54, 1.807) is 0 Å². The van der Waals surface area contributed by atoms with Crippen molar-refractivity contribution >= 4 is 11.6 Å². The standard InChI is InChI=1S/C13H16F2N2O/c1-8-6-11(15)12(7-10(8)14)16-5-4-13(18)17-9-2-3-9/h6-7,9,16H,2-5H2,1H3,(H,17,18). The average molecular weight is 254 g/mol. The van der Waals surface area contributed by atoms with Gasteiger partial charge in [0, 0.05) is 25.1 Å². The van der Waals surface area contributed by atoms with E-state index in [0.717, 1.165) is 25.0 Å². The number of hydrogen-bond acceptors (Lipinski definition) is 2. The molecule has 0 radical (unpaired) electrons. The Morgan fingerprint density at radius 2 is 2.06 bits per heavy atom. The van der Waals surface area contributed by atoms with Crippen LogP contribution in [0.3, 0.4) is 0 Å². The summed E-state index contributed by atoms with van der Waals surface area (Å²) in [5.74, 6) is -1.02. The minimum Gasteiger partial charge on any atom is -0.382 e. The molecule has 0 unspecified atom stereocenters. The van der Waals surface area contributed by atoms with Crippen molar-refractivity contribution in [3.05, 3.63) is 29.3 Å². The summed E-state index contributed by atoms with van der Waals surface area (Å²) in [6, 6.07) is 2.58. The summed E-state index contributed by atoms with van der Waals surface area (Å²) in [4.78, 5) is 11.4. The van der Waals surface area contributed by atoms with Crippen LogP contribution >= 0.6 is 0 Å². The van der Waals surface area contributed by atoms with E-state index in [0.29, 0.717) is 6.04 Å². The molecular weight excluding hydrogens is 238 g/mol. The van der Waals surface area contributed by atoms with Crippen molar-refractivity contribution in [2.45, 2.75) is 32.2 Å². The minimum atomic E-state index is -0.503. The summed E-state index contributed by atoms with van der Waals surface area (Å²) in [6.07, 6.45) is 2.33. The van der Waals surface area contributed by atoms with Gasteiger partial charge in [0.05, 0.1) is 5.69 Å². The van der Waals surface area contributed by atoms with E-state index < -0.39 is 11.6 Å². The first-order valence-electron chi connectivity index (χ1n) is 6.05. The molecule has 5 heteroatoms. The van der Waals surface area contributed by atoms with Crippen LogP contribution in [0.4, 0.5) is 14.5 Å². The Hall–Kier alpha value is -1.65. The van der Waals surface area contributed by atoms with Crippen molar-refractivity contribution in [1.82, 2.24) is 5.32 Å². The highest BCUT2D eigenvalue weighted by atomic mass is 19.1. The summed E-state index contributed by atoms with van der Waals surface area (Å²) in [5, 5.41) is 5.56. The number of aryl methyl sites for hydroxylation is 1. The first kappa shape index (κ1) is 12.8. The molecule has 1 fully saturated rings. The van der Waals surface area contributed by atoms with Gasteiger partial charge in [-0.05, 0) is 31.4 Å². The zero-order chi connectivity index (χ0) is 13.1. The normalized spacial score (nSPS) is 14.4. The Bertz CT molecular complexity index is 459. The molecule has 0 bridgehead atoms. The van der Waals surface area contributed by atoms with E-state index in [9.17, 15) is 13.6 Å². The predicted octanol–water partition coefficient (Wildman–Crippen LogP) is 2.35. The molecule has 3 nitrogen and oxygen atoms in total. The molecule has 98 valence electrons. The van der Waals surface area contributed by atoms with Gasteiger partial charge in [-0.15, -0.1) is 0 Å². The van der Waals surface area contributed by atoms with E-state index in [2.05, 4.69) is 10.6 Å². The number of carbonyl (C=O) groups excluding carboxylic acids is 1. The summed E-state index contributed by atoms with van der Waals surface area (Å²) in [6.45, 7) is 1.79. The fourth-order valence-electron chi connectivity index (χ4n) is 1.62. The van der Waals surface area contributed by atoms with Gasteiger partial charge in [-0.2, -0.15) is 0 Å². The van der Waals surface area contributed by atoms with Crippen LogP contribution in [0, 0.1) is 18.6 Å². The van der Waals surface area contributed by atoms with Gasteiger partial charge in [0.25, 0.3) is 0 Å². The minimum absolute atomic E-state index is 0.0574. The molecule has 1 aliphatic rings. The van der Waals surface area contributed by atoms with Crippen LogP contribution in [0.5, 0.6) is 0 Å². The molecule has 0 atom stereocenters. The lowest BCUT2D eigenvalue weighted by atomic mass is 10.2. The van der Waals surface area contributed by atoms with Crippen LogP contribution in [0.2, 0.25) is 0 Å². The number of rotatable bonds is 5. The number of halogens is 2. The van der Waals surface area contributed by atoms with E-state index in [1.807, 2.05) is 0 Å². The number of carbonyl (C=O) groups is 1. The number of amides is 1. The zero-order valence-electron chi connectivity index (χ0n) is 10.2. The molecule has 18 heavy (non-hydrogen) atoms. The summed E-state index contributed by atoms with van der Waals surface area (Å²) in [5.41, 5.74) is 0.363. The van der Waals surface area contributed by atoms with Crippen molar-refractivity contribution in [3.63, 3.8) is 0 Å². The second-order valence-electron chi connectivity index (χ2n) is 4.60. The van der Waals surface area contributed by atoms with Crippen molar-refractivity contribution in [2.24, 2.45) is 0 Å².